The van der Waals surface area contributed by atoms with Gasteiger partial charge in [0, 0.05) is 10.2 Å². The summed E-state index contributed by atoms with van der Waals surface area (Å²) in [5, 5.41) is 4.06. The molecule has 5 aromatic rings. The second-order valence-electron chi connectivity index (χ2n) is 5.80. The van der Waals surface area contributed by atoms with Crippen molar-refractivity contribution >= 4 is 38.5 Å². The molecule has 0 spiro atoms. The first-order chi connectivity index (χ1) is 13.3. The van der Waals surface area contributed by atoms with Gasteiger partial charge in [-0.2, -0.15) is 0 Å². The first-order valence-corrected chi connectivity index (χ1v) is 8.97. The summed E-state index contributed by atoms with van der Waals surface area (Å²) in [5.41, 5.74) is 2.07. The Balaban J connectivity index is 1.76. The minimum Gasteiger partial charge on any atom is -0.464 e. The molecule has 0 saturated carbocycles. The minimum absolute atomic E-state index is 0.445. The van der Waals surface area contributed by atoms with Crippen LogP contribution in [0.3, 0.4) is 0 Å². The normalized spacial score (nSPS) is 11.1. The van der Waals surface area contributed by atoms with Crippen molar-refractivity contribution in [3.8, 4) is 22.8 Å². The molecule has 132 valence electrons. The van der Waals surface area contributed by atoms with Crippen LogP contribution in [0, 0.1) is 0 Å². The highest BCUT2D eigenvalue weighted by molar-refractivity contribution is 9.10. The maximum Gasteiger partial charge on any atom is 0.232 e. The van der Waals surface area contributed by atoms with E-state index in [1.807, 2.05) is 42.5 Å². The Morgan fingerprint density at radius 2 is 1.70 bits per heavy atom. The highest BCUT2D eigenvalue weighted by Crippen LogP contribution is 2.43. The monoisotopic (exact) mass is 421 g/mol. The van der Waals surface area contributed by atoms with Crippen LogP contribution in [0.5, 0.6) is 0 Å². The van der Waals surface area contributed by atoms with E-state index in [0.29, 0.717) is 28.8 Å². The van der Waals surface area contributed by atoms with Crippen LogP contribution in [0.2, 0.25) is 0 Å². The Hall–Kier alpha value is -3.32. The van der Waals surface area contributed by atoms with Crippen molar-refractivity contribution in [2.75, 3.05) is 5.32 Å². The Bertz CT molecular complexity index is 1210. The molecule has 0 aliphatic carbocycles. The molecule has 0 unspecified atom stereocenters. The number of fused-ring (bicyclic) bond motifs is 1. The number of aromatic nitrogens is 2. The molecule has 0 bridgehead atoms. The van der Waals surface area contributed by atoms with Gasteiger partial charge in [-0.3, -0.25) is 0 Å². The number of hydrogen-bond donors (Lipinski definition) is 1. The van der Waals surface area contributed by atoms with E-state index in [1.165, 1.54) is 6.33 Å². The van der Waals surface area contributed by atoms with Gasteiger partial charge in [0.25, 0.3) is 0 Å². The van der Waals surface area contributed by atoms with Crippen LogP contribution in [-0.4, -0.2) is 9.97 Å². The van der Waals surface area contributed by atoms with Crippen molar-refractivity contribution < 1.29 is 13.3 Å². The Morgan fingerprint density at radius 3 is 2.44 bits per heavy atom. The molecule has 5 rings (SSSR count). The summed E-state index contributed by atoms with van der Waals surface area (Å²) < 4.78 is 18.2. The van der Waals surface area contributed by atoms with E-state index < -0.39 is 0 Å². The molecule has 0 saturated heterocycles. The molecule has 1 aromatic carbocycles. The molecular weight excluding hydrogens is 410 g/mol. The third kappa shape index (κ3) is 2.82. The molecular formula is C20H12BrN3O3. The number of furan rings is 3. The average molecular weight is 422 g/mol. The number of nitrogens with one attached hydrogen (secondary N) is 1. The number of rotatable bonds is 4. The van der Waals surface area contributed by atoms with Gasteiger partial charge in [0.15, 0.2) is 11.5 Å². The van der Waals surface area contributed by atoms with E-state index in [1.54, 1.807) is 18.6 Å². The second-order valence-corrected chi connectivity index (χ2v) is 6.71. The fraction of sp³-hybridized carbons (Fsp3) is 0. The molecule has 4 heterocycles. The SMILES string of the molecule is Brc1cccc(Nc2ncnc3oc(-c4ccco4)c(-c4ccco4)c23)c1. The summed E-state index contributed by atoms with van der Waals surface area (Å²) in [6.45, 7) is 0. The fourth-order valence-corrected chi connectivity index (χ4v) is 3.37. The molecule has 6 nitrogen and oxygen atoms in total. The van der Waals surface area contributed by atoms with Crippen LogP contribution in [0.25, 0.3) is 33.9 Å². The predicted octanol–water partition coefficient (Wildman–Crippen LogP) is 6.25. The van der Waals surface area contributed by atoms with Crippen molar-refractivity contribution in [1.29, 1.82) is 0 Å². The molecule has 1 N–H and O–H groups in total. The summed E-state index contributed by atoms with van der Waals surface area (Å²) in [5.74, 6) is 2.40. The predicted molar refractivity (Wildman–Crippen MR) is 105 cm³/mol. The highest BCUT2D eigenvalue weighted by atomic mass is 79.9. The number of hydrogen-bond acceptors (Lipinski definition) is 6. The van der Waals surface area contributed by atoms with E-state index in [0.717, 1.165) is 21.1 Å². The third-order valence-electron chi connectivity index (χ3n) is 4.09. The zero-order valence-corrected chi connectivity index (χ0v) is 15.4. The van der Waals surface area contributed by atoms with Crippen molar-refractivity contribution in [1.82, 2.24) is 9.97 Å². The lowest BCUT2D eigenvalue weighted by Gasteiger charge is -2.07. The smallest absolute Gasteiger partial charge is 0.232 e. The molecule has 0 atom stereocenters. The Labute approximate surface area is 162 Å². The van der Waals surface area contributed by atoms with Gasteiger partial charge in [0.2, 0.25) is 5.71 Å². The lowest BCUT2D eigenvalue weighted by molar-refractivity contribution is 0.536. The standard InChI is InChI=1S/C20H12BrN3O3/c21-12-4-1-5-13(10-12)24-19-17-16(14-6-2-8-25-14)18(15-7-3-9-26-15)27-20(17)23-11-22-19/h1-11H,(H,22,23,24). The Morgan fingerprint density at radius 1 is 0.889 bits per heavy atom. The summed E-state index contributed by atoms with van der Waals surface area (Å²) in [7, 11) is 0. The van der Waals surface area contributed by atoms with Crippen LogP contribution in [0.1, 0.15) is 0 Å². The summed E-state index contributed by atoms with van der Waals surface area (Å²) >= 11 is 3.48. The van der Waals surface area contributed by atoms with Crippen molar-refractivity contribution in [2.24, 2.45) is 0 Å². The highest BCUT2D eigenvalue weighted by Gasteiger charge is 2.25. The zero-order valence-electron chi connectivity index (χ0n) is 13.8. The largest absolute Gasteiger partial charge is 0.464 e. The van der Waals surface area contributed by atoms with Crippen molar-refractivity contribution in [3.05, 3.63) is 71.9 Å². The zero-order chi connectivity index (χ0) is 18.2. The van der Waals surface area contributed by atoms with Crippen molar-refractivity contribution in [3.63, 3.8) is 0 Å². The second kappa shape index (κ2) is 6.44. The average Bonchev–Trinajstić information content (AvgIpc) is 3.41. The van der Waals surface area contributed by atoms with Gasteiger partial charge >= 0.3 is 0 Å². The maximum absolute atomic E-state index is 6.02. The van der Waals surface area contributed by atoms with Crippen molar-refractivity contribution in [2.45, 2.75) is 0 Å². The van der Waals surface area contributed by atoms with Gasteiger partial charge in [-0.15, -0.1) is 0 Å². The molecule has 7 heteroatoms. The number of halogens is 1. The maximum atomic E-state index is 6.02. The quantitative estimate of drug-likeness (QED) is 0.369. The van der Waals surface area contributed by atoms with Gasteiger partial charge in [0.05, 0.1) is 23.5 Å². The third-order valence-corrected chi connectivity index (χ3v) is 4.58. The summed E-state index contributed by atoms with van der Waals surface area (Å²) in [6.07, 6.45) is 4.68. The van der Waals surface area contributed by atoms with E-state index in [9.17, 15) is 0 Å². The minimum atomic E-state index is 0.445. The first kappa shape index (κ1) is 15.9. The molecule has 0 fully saturated rings. The van der Waals surface area contributed by atoms with Gasteiger partial charge in [-0.25, -0.2) is 9.97 Å². The summed E-state index contributed by atoms with van der Waals surface area (Å²) in [6, 6.07) is 15.2. The van der Waals surface area contributed by atoms with Gasteiger partial charge in [-0.1, -0.05) is 22.0 Å². The number of benzene rings is 1. The van der Waals surface area contributed by atoms with Crippen LogP contribution in [0.15, 0.2) is 85.1 Å². The lowest BCUT2D eigenvalue weighted by Crippen LogP contribution is -1.95. The van der Waals surface area contributed by atoms with E-state index in [4.69, 9.17) is 13.3 Å². The van der Waals surface area contributed by atoms with E-state index in [-0.39, 0.29) is 0 Å². The topological polar surface area (TPSA) is 77.2 Å². The Kier molecular flexibility index (Phi) is 3.79. The van der Waals surface area contributed by atoms with Crippen LogP contribution in [-0.2, 0) is 0 Å². The first-order valence-electron chi connectivity index (χ1n) is 8.17. The fourth-order valence-electron chi connectivity index (χ4n) is 2.97. The van der Waals surface area contributed by atoms with Crippen LogP contribution < -0.4 is 5.32 Å². The molecule has 4 aromatic heterocycles. The van der Waals surface area contributed by atoms with Gasteiger partial charge in [-0.05, 0) is 42.5 Å². The molecule has 0 aliphatic heterocycles. The number of anilines is 2. The van der Waals surface area contributed by atoms with Crippen LogP contribution >= 0.6 is 15.9 Å². The summed E-state index contributed by atoms with van der Waals surface area (Å²) in [4.78, 5) is 8.72. The molecule has 27 heavy (non-hydrogen) atoms. The van der Waals surface area contributed by atoms with Gasteiger partial charge in [0.1, 0.15) is 17.9 Å². The molecule has 0 radical (unpaired) electrons. The van der Waals surface area contributed by atoms with Gasteiger partial charge < -0.3 is 18.6 Å². The molecule has 0 aliphatic rings. The van der Waals surface area contributed by atoms with E-state index in [2.05, 4.69) is 31.2 Å². The van der Waals surface area contributed by atoms with Crippen LogP contribution in [0.4, 0.5) is 11.5 Å². The number of nitrogens with zero attached hydrogens (tertiary/aromatic N) is 2. The lowest BCUT2D eigenvalue weighted by atomic mass is 10.1. The molecule has 0 amide bonds. The van der Waals surface area contributed by atoms with E-state index >= 15 is 0 Å².